The Balaban J connectivity index is -0.000000817. The molecule has 3 heteroatoms. The Morgan fingerprint density at radius 2 is 1.42 bits per heavy atom. The molecule has 0 bridgehead atoms. The van der Waals surface area contributed by atoms with Crippen molar-refractivity contribution in [1.29, 1.82) is 0 Å². The molecule has 1 aromatic carbocycles. The molecule has 0 spiro atoms. The van der Waals surface area contributed by atoms with Gasteiger partial charge in [0, 0.05) is 13.1 Å². The van der Waals surface area contributed by atoms with Gasteiger partial charge in [-0.1, -0.05) is 60.6 Å². The van der Waals surface area contributed by atoms with Crippen molar-refractivity contribution in [1.82, 2.24) is 5.32 Å². The van der Waals surface area contributed by atoms with Crippen LogP contribution in [0.1, 0.15) is 67.4 Å². The maximum Gasteiger partial charge on any atom is 1.00 e. The molecule has 0 fully saturated rings. The van der Waals surface area contributed by atoms with E-state index in [1.807, 2.05) is 26.0 Å². The second-order valence-corrected chi connectivity index (χ2v) is 7.29. The first kappa shape index (κ1) is 29.4. The van der Waals surface area contributed by atoms with E-state index in [1.54, 1.807) is 6.92 Å². The van der Waals surface area contributed by atoms with Crippen LogP contribution in [0.15, 0.2) is 24.3 Å². The SMILES string of the molecule is CC.[CH2-]C.[CH2-]Oc1ccc(CNCC(C)(C)CC(C)(C)C)cc1.[K+]. The summed E-state index contributed by atoms with van der Waals surface area (Å²) < 4.78 is 4.91. The van der Waals surface area contributed by atoms with Crippen molar-refractivity contribution in [3.8, 4) is 5.75 Å². The smallest absolute Gasteiger partial charge is 0.665 e. The third kappa shape index (κ3) is 16.1. The van der Waals surface area contributed by atoms with E-state index >= 15 is 0 Å². The summed E-state index contributed by atoms with van der Waals surface area (Å²) in [5.74, 6) is 0.803. The van der Waals surface area contributed by atoms with Gasteiger partial charge in [-0.05, 0) is 34.9 Å². The molecule has 0 aliphatic rings. The first-order valence-corrected chi connectivity index (χ1v) is 8.64. The Bertz CT molecular complexity index is 380. The third-order valence-electron chi connectivity index (χ3n) is 3.03. The van der Waals surface area contributed by atoms with Gasteiger partial charge in [0.1, 0.15) is 0 Å². The van der Waals surface area contributed by atoms with E-state index in [-0.39, 0.29) is 51.4 Å². The van der Waals surface area contributed by atoms with Crippen LogP contribution >= 0.6 is 0 Å². The molecule has 0 saturated carbocycles. The van der Waals surface area contributed by atoms with Crippen molar-refractivity contribution in [3.63, 3.8) is 0 Å². The van der Waals surface area contributed by atoms with E-state index < -0.39 is 0 Å². The minimum Gasteiger partial charge on any atom is -0.665 e. The maximum atomic E-state index is 4.91. The van der Waals surface area contributed by atoms with Gasteiger partial charge >= 0.3 is 51.4 Å². The topological polar surface area (TPSA) is 21.3 Å². The second kappa shape index (κ2) is 15.8. The molecular formula is C21H39KNO-. The summed E-state index contributed by atoms with van der Waals surface area (Å²) in [6, 6.07) is 8.04. The van der Waals surface area contributed by atoms with Gasteiger partial charge in [0.15, 0.2) is 0 Å². The Morgan fingerprint density at radius 1 is 0.958 bits per heavy atom. The van der Waals surface area contributed by atoms with Crippen LogP contribution in [0.25, 0.3) is 0 Å². The van der Waals surface area contributed by atoms with E-state index in [0.29, 0.717) is 10.8 Å². The fraction of sp³-hybridized carbons (Fsp3) is 0.619. The van der Waals surface area contributed by atoms with E-state index in [2.05, 4.69) is 66.1 Å². The summed E-state index contributed by atoms with van der Waals surface area (Å²) in [7, 11) is 3.40. The summed E-state index contributed by atoms with van der Waals surface area (Å²) in [5.41, 5.74) is 1.96. The first-order chi connectivity index (χ1) is 10.7. The minimum absolute atomic E-state index is 0. The normalized spacial score (nSPS) is 10.4. The number of rotatable bonds is 6. The van der Waals surface area contributed by atoms with E-state index in [1.165, 1.54) is 12.0 Å². The van der Waals surface area contributed by atoms with Gasteiger partial charge in [-0.2, -0.15) is 14.0 Å². The second-order valence-electron chi connectivity index (χ2n) is 7.29. The summed E-state index contributed by atoms with van der Waals surface area (Å²) in [6.07, 6.45) is 1.21. The van der Waals surface area contributed by atoms with Gasteiger partial charge in [-0.25, -0.2) is 0 Å². The number of nitrogens with one attached hydrogen (secondary N) is 1. The zero-order chi connectivity index (χ0) is 18.5. The minimum atomic E-state index is 0. The quantitative estimate of drug-likeness (QED) is 0.621. The van der Waals surface area contributed by atoms with E-state index in [0.717, 1.165) is 18.8 Å². The van der Waals surface area contributed by atoms with E-state index in [4.69, 9.17) is 4.74 Å². The number of hydrogen-bond acceptors (Lipinski definition) is 2. The van der Waals surface area contributed by atoms with Crippen LogP contribution in [0.3, 0.4) is 0 Å². The number of ether oxygens (including phenoxy) is 1. The molecule has 2 nitrogen and oxygen atoms in total. The van der Waals surface area contributed by atoms with Crippen LogP contribution in [-0.2, 0) is 6.54 Å². The number of hydrogen-bond donors (Lipinski definition) is 1. The summed E-state index contributed by atoms with van der Waals surface area (Å²) in [4.78, 5) is 0. The molecule has 0 amide bonds. The van der Waals surface area contributed by atoms with Crippen LogP contribution < -0.4 is 61.4 Å². The van der Waals surface area contributed by atoms with Crippen LogP contribution in [0.5, 0.6) is 5.75 Å². The summed E-state index contributed by atoms with van der Waals surface area (Å²) >= 11 is 0. The van der Waals surface area contributed by atoms with Crippen molar-refractivity contribution in [2.75, 3.05) is 6.54 Å². The molecule has 0 atom stereocenters. The van der Waals surface area contributed by atoms with Crippen LogP contribution in [-0.4, -0.2) is 6.54 Å². The van der Waals surface area contributed by atoms with Gasteiger partial charge in [-0.3, -0.25) is 0 Å². The van der Waals surface area contributed by atoms with Crippen molar-refractivity contribution < 1.29 is 56.1 Å². The van der Waals surface area contributed by atoms with Gasteiger partial charge in [0.25, 0.3) is 0 Å². The number of benzene rings is 1. The molecule has 0 aliphatic heterocycles. The monoisotopic (exact) mass is 360 g/mol. The van der Waals surface area contributed by atoms with Crippen molar-refractivity contribution in [2.24, 2.45) is 10.8 Å². The summed E-state index contributed by atoms with van der Waals surface area (Å²) in [5, 5.41) is 3.55. The predicted octanol–water partition coefficient (Wildman–Crippen LogP) is 3.28. The first-order valence-electron chi connectivity index (χ1n) is 8.64. The molecule has 136 valence electrons. The van der Waals surface area contributed by atoms with E-state index in [9.17, 15) is 0 Å². The Morgan fingerprint density at radius 3 is 1.79 bits per heavy atom. The van der Waals surface area contributed by atoms with Crippen LogP contribution in [0, 0.1) is 24.9 Å². The van der Waals surface area contributed by atoms with Gasteiger partial charge in [-0.15, -0.1) is 0 Å². The van der Waals surface area contributed by atoms with Crippen molar-refractivity contribution in [3.05, 3.63) is 43.9 Å². The fourth-order valence-corrected chi connectivity index (χ4v) is 2.75. The molecule has 1 N–H and O–H groups in total. The maximum absolute atomic E-state index is 4.91. The zero-order valence-corrected chi connectivity index (χ0v) is 20.9. The van der Waals surface area contributed by atoms with Gasteiger partial charge in [0.05, 0.1) is 5.75 Å². The Labute approximate surface area is 195 Å². The molecule has 0 aliphatic carbocycles. The Kier molecular flexibility index (Phi) is 19.4. The van der Waals surface area contributed by atoms with Crippen molar-refractivity contribution >= 4 is 0 Å². The summed E-state index contributed by atoms with van der Waals surface area (Å²) in [6.45, 7) is 22.5. The molecule has 1 aromatic rings. The largest absolute Gasteiger partial charge is 1.00 e. The molecule has 24 heavy (non-hydrogen) atoms. The third-order valence-corrected chi connectivity index (χ3v) is 3.03. The molecule has 0 saturated heterocycles. The average molecular weight is 361 g/mol. The fourth-order valence-electron chi connectivity index (χ4n) is 2.75. The van der Waals surface area contributed by atoms with Gasteiger partial charge < -0.3 is 17.0 Å². The average Bonchev–Trinajstić information content (AvgIpc) is 2.49. The molecule has 0 heterocycles. The molecule has 0 aromatic heterocycles. The van der Waals surface area contributed by atoms with Crippen LogP contribution in [0.4, 0.5) is 0 Å². The zero-order valence-electron chi connectivity index (χ0n) is 17.8. The van der Waals surface area contributed by atoms with Gasteiger partial charge in [0.2, 0.25) is 0 Å². The van der Waals surface area contributed by atoms with Crippen LogP contribution in [0.2, 0.25) is 0 Å². The molecule has 1 rings (SSSR count). The standard InChI is InChI=1S/C17H28NO.C2H6.C2H5.K/c1-16(2,3)12-17(4,5)13-18-11-14-7-9-15(19-6)10-8-14;2*1-2;/h7-10,18H,6,11-13H2,1-5H3;1-2H3;1H2,2H3;/q-1;;-1;+1. The van der Waals surface area contributed by atoms with Crippen molar-refractivity contribution in [2.45, 2.75) is 68.4 Å². The predicted molar refractivity (Wildman–Crippen MR) is 104 cm³/mol. The molecule has 0 radical (unpaired) electrons. The molecular weight excluding hydrogens is 321 g/mol. The molecule has 0 unspecified atom stereocenters. The Hall–Kier alpha value is 0.616.